The maximum absolute atomic E-state index is 13.7. The van der Waals surface area contributed by atoms with Crippen LogP contribution in [0, 0.1) is 33.5 Å². The van der Waals surface area contributed by atoms with E-state index in [9.17, 15) is 28.4 Å². The van der Waals surface area contributed by atoms with Crippen molar-refractivity contribution in [2.45, 2.75) is 106 Å². The number of nitrogens with zero attached hydrogens (tertiary/aromatic N) is 10. The Morgan fingerprint density at radius 2 is 1.34 bits per heavy atom. The van der Waals surface area contributed by atoms with E-state index in [0.29, 0.717) is 102 Å². The molecule has 123 heavy (non-hydrogen) atoms. The number of piperidine rings is 1. The Morgan fingerprint density at radius 3 is 2.05 bits per heavy atom. The number of rotatable bonds is 25. The van der Waals surface area contributed by atoms with Crippen LogP contribution in [-0.2, 0) is 27.2 Å². The van der Waals surface area contributed by atoms with Crippen LogP contribution in [0.1, 0.15) is 132 Å². The van der Waals surface area contributed by atoms with Crippen molar-refractivity contribution < 1.29 is 42.6 Å². The SMILES string of the molecule is CCN(CC)CCNC(=O)c1c(C)[nH]c(/C=C2\C(=O)Nc3ccc(F)cc32)c1C.COc1cc2c(N3CCN(C(=O)Nc4ccc(OC(C)C)cc4)CC3)ncnc2cc1OCCCN1CCCCC1.Cc1[nH]c(/C=C2\C(=O)Nc3ccccc32)c(C)c1CCC(=O)N1CCNCC1.Clc1ccc(Nc2nnc(Cc3ccncc3)c3ccccc23)cc1. The molecule has 3 saturated heterocycles. The highest BCUT2D eigenvalue weighted by molar-refractivity contribution is 6.35. The first-order valence-electron chi connectivity index (χ1n) is 42.4. The molecule has 0 atom stereocenters. The highest BCUT2D eigenvalue weighted by Gasteiger charge is 2.30. The lowest BCUT2D eigenvalue weighted by Gasteiger charge is -2.35. The Morgan fingerprint density at radius 1 is 0.675 bits per heavy atom. The molecule has 16 rings (SSSR count). The highest BCUT2D eigenvalue weighted by atomic mass is 35.5. The fourth-order valence-electron chi connectivity index (χ4n) is 15.9. The molecule has 5 aliphatic rings. The van der Waals surface area contributed by atoms with Crippen molar-refractivity contribution in [3.8, 4) is 17.2 Å². The Hall–Kier alpha value is -12.6. The number of halogens is 2. The van der Waals surface area contributed by atoms with Gasteiger partial charge in [-0.3, -0.25) is 24.2 Å². The molecule has 0 aliphatic carbocycles. The number of likely N-dealkylation sites (tertiary alicyclic amines) is 1. The predicted octanol–water partition coefficient (Wildman–Crippen LogP) is 15.9. The number of hydrogen-bond acceptors (Lipinski definition) is 18. The zero-order valence-corrected chi connectivity index (χ0v) is 72.3. The second-order valence-corrected chi connectivity index (χ2v) is 31.7. The number of ether oxygens (including phenoxy) is 3. The van der Waals surface area contributed by atoms with Gasteiger partial charge in [0.25, 0.3) is 17.7 Å². The van der Waals surface area contributed by atoms with Gasteiger partial charge >= 0.3 is 6.03 Å². The number of fused-ring (bicyclic) bond motifs is 4. The fourth-order valence-corrected chi connectivity index (χ4v) is 16.0. The minimum Gasteiger partial charge on any atom is -0.493 e. The molecule has 10 heterocycles. The van der Waals surface area contributed by atoms with E-state index in [1.165, 1.54) is 50.0 Å². The number of carbonyl (C=O) groups excluding carboxylic acids is 5. The maximum Gasteiger partial charge on any atom is 0.321 e. The van der Waals surface area contributed by atoms with Gasteiger partial charge in [-0.15, -0.1) is 5.10 Å². The molecule has 642 valence electrons. The standard InChI is InChI=1S/C31H42N6O4.C22H27FN4O2.C22H26N4O2.C20H15ClN4/c1-23(2)41-25-10-8-24(9-11-25)34-31(38)37-17-15-36(16-18-37)30-26-20-28(39-3)29(21-27(26)32-22-33-30)40-19-7-14-35-12-5-4-6-13-35;1-5-27(6-2)10-9-24-22(29)20-13(3)19(25-14(20)4)12-17-16-11-15(23)7-8-18(16)26-21(17)28;1-14-16(7-8-21(27)26-11-9-23-10-12-26)15(2)24-20(14)13-18-17-5-3-4-6-19(17)25-22(18)28;21-15-5-7-16(8-6-15)23-20-18-4-2-1-3-17(18)19(24-25-20)13-14-9-11-22-12-10-14/h8-11,20-23H,4-7,12-19H2,1-3H3,(H,34,38);7-8,11-12,25H,5-6,9-10H2,1-4H3,(H,24,29)(H,26,28);3-6,13,23-24H,7-12H2,1-2H3,(H,25,28);1-12H,13H2,(H,23,25)/b;17-12-;18-13-;. The van der Waals surface area contributed by atoms with E-state index < -0.39 is 5.82 Å². The molecule has 26 nitrogen and oxygen atoms in total. The Balaban J connectivity index is 0.000000144. The van der Waals surface area contributed by atoms with Crippen LogP contribution >= 0.6 is 11.6 Å². The minimum absolute atomic E-state index is 0.0803. The zero-order valence-electron chi connectivity index (χ0n) is 71.5. The van der Waals surface area contributed by atoms with Crippen molar-refractivity contribution in [3.63, 3.8) is 0 Å². The van der Waals surface area contributed by atoms with Crippen LogP contribution in [0.3, 0.4) is 0 Å². The first kappa shape index (κ1) is 88.2. The number of aromatic amines is 2. The number of H-pyrrole nitrogens is 2. The van der Waals surface area contributed by atoms with Gasteiger partial charge in [0.1, 0.15) is 23.7 Å². The Bertz CT molecular complexity index is 5580. The number of benzene rings is 6. The first-order valence-corrected chi connectivity index (χ1v) is 42.8. The van der Waals surface area contributed by atoms with E-state index in [-0.39, 0.29) is 35.8 Å². The second-order valence-electron chi connectivity index (χ2n) is 31.2. The van der Waals surface area contributed by atoms with Crippen LogP contribution in [0.4, 0.5) is 43.6 Å². The largest absolute Gasteiger partial charge is 0.493 e. The monoisotopic (exact) mass is 1680 g/mol. The van der Waals surface area contributed by atoms with E-state index in [4.69, 9.17) is 25.8 Å². The first-order chi connectivity index (χ1) is 59.7. The van der Waals surface area contributed by atoms with E-state index in [1.54, 1.807) is 38.0 Å². The number of hydrogen-bond donors (Lipinski definition) is 8. The van der Waals surface area contributed by atoms with Crippen molar-refractivity contribution >= 4 is 121 Å². The molecular formula is C95H110ClFN18O8. The number of carbonyl (C=O) groups is 5. The van der Waals surface area contributed by atoms with E-state index in [2.05, 4.69) is 115 Å². The van der Waals surface area contributed by atoms with Crippen LogP contribution in [0.2, 0.25) is 5.02 Å². The molecule has 0 radical (unpaired) electrons. The van der Waals surface area contributed by atoms with Crippen molar-refractivity contribution in [1.29, 1.82) is 0 Å². The summed E-state index contributed by atoms with van der Waals surface area (Å²) in [6, 6.07) is 42.9. The van der Waals surface area contributed by atoms with Gasteiger partial charge in [-0.1, -0.05) is 74.3 Å². The van der Waals surface area contributed by atoms with Crippen LogP contribution in [0.25, 0.3) is 45.0 Å². The molecule has 8 N–H and O–H groups in total. The third kappa shape index (κ3) is 22.8. The summed E-state index contributed by atoms with van der Waals surface area (Å²) in [5.74, 6) is 3.03. The molecule has 0 unspecified atom stereocenters. The summed E-state index contributed by atoms with van der Waals surface area (Å²) in [4.78, 5) is 93.3. The summed E-state index contributed by atoms with van der Waals surface area (Å²) in [5.41, 5.74) is 15.5. The van der Waals surface area contributed by atoms with Crippen molar-refractivity contribution in [2.75, 3.05) is 138 Å². The number of urea groups is 1. The van der Waals surface area contributed by atoms with Crippen LogP contribution in [0.5, 0.6) is 17.2 Å². The number of amides is 6. The van der Waals surface area contributed by atoms with E-state index in [1.807, 2.05) is 160 Å². The minimum atomic E-state index is -0.404. The number of pyridine rings is 1. The number of aryl methyl sites for hydroxylation is 2. The highest BCUT2D eigenvalue weighted by Crippen LogP contribution is 2.39. The summed E-state index contributed by atoms with van der Waals surface area (Å²) >= 11 is 5.95. The number of likely N-dealkylation sites (N-methyl/N-ethyl adjacent to an activating group) is 1. The molecule has 5 aliphatic heterocycles. The van der Waals surface area contributed by atoms with Gasteiger partial charge in [-0.25, -0.2) is 19.2 Å². The van der Waals surface area contributed by atoms with Gasteiger partial charge in [0.15, 0.2) is 17.3 Å². The fraction of sp³-hybridized carbons (Fsp3) is 0.347. The van der Waals surface area contributed by atoms with Crippen molar-refractivity contribution in [1.82, 2.24) is 65.4 Å². The average molecular weight is 1690 g/mol. The lowest BCUT2D eigenvalue weighted by atomic mass is 10.0. The topological polar surface area (TPSA) is 297 Å². The molecular weight excluding hydrogens is 1580 g/mol. The van der Waals surface area contributed by atoms with Crippen molar-refractivity contribution in [2.24, 2.45) is 0 Å². The molecule has 5 aromatic heterocycles. The molecule has 28 heteroatoms. The number of piperazine rings is 2. The van der Waals surface area contributed by atoms with Gasteiger partial charge in [0, 0.05) is 181 Å². The smallest absolute Gasteiger partial charge is 0.321 e. The number of anilines is 6. The molecule has 0 saturated carbocycles. The third-order valence-corrected chi connectivity index (χ3v) is 22.9. The van der Waals surface area contributed by atoms with E-state index >= 15 is 0 Å². The summed E-state index contributed by atoms with van der Waals surface area (Å²) in [7, 11) is 1.66. The predicted molar refractivity (Wildman–Crippen MR) is 487 cm³/mol. The van der Waals surface area contributed by atoms with Gasteiger partial charge in [0.05, 0.1) is 47.7 Å². The van der Waals surface area contributed by atoms with Gasteiger partial charge in [-0.2, -0.15) is 5.10 Å². The number of methoxy groups -OCH3 is 1. The summed E-state index contributed by atoms with van der Waals surface area (Å²) in [5, 5.41) is 30.8. The summed E-state index contributed by atoms with van der Waals surface area (Å²) < 4.78 is 31.2. The molecule has 3 fully saturated rings. The van der Waals surface area contributed by atoms with Crippen LogP contribution < -0.4 is 51.0 Å². The van der Waals surface area contributed by atoms with Gasteiger partial charge in [-0.05, 0) is 219 Å². The quantitative estimate of drug-likeness (QED) is 0.0195. The molecule has 6 aromatic carbocycles. The van der Waals surface area contributed by atoms with Gasteiger partial charge < -0.3 is 80.6 Å². The van der Waals surface area contributed by atoms with Gasteiger partial charge in [0.2, 0.25) is 5.91 Å². The van der Waals surface area contributed by atoms with Crippen molar-refractivity contribution in [3.05, 3.63) is 237 Å². The average Bonchev–Trinajstić information content (AvgIpc) is 1.77. The third-order valence-electron chi connectivity index (χ3n) is 22.6. The molecule has 6 amide bonds. The van der Waals surface area contributed by atoms with Crippen LogP contribution in [0.15, 0.2) is 158 Å². The number of aromatic nitrogens is 7. The number of para-hydroxylation sites is 1. The maximum atomic E-state index is 13.7. The molecule has 0 spiro atoms. The Labute approximate surface area is 722 Å². The summed E-state index contributed by atoms with van der Waals surface area (Å²) in [6.07, 6.45) is 15.7. The Kier molecular flexibility index (Phi) is 30.3. The lowest BCUT2D eigenvalue weighted by molar-refractivity contribution is -0.131. The number of nitrogens with one attached hydrogen (secondary N) is 8. The van der Waals surface area contributed by atoms with Crippen LogP contribution in [-0.4, -0.2) is 202 Å². The normalized spacial score (nSPS) is 15.0. The lowest BCUT2D eigenvalue weighted by Crippen LogP contribution is -2.50. The zero-order chi connectivity index (χ0) is 86.5. The second kappa shape index (κ2) is 42.3. The molecule has 0 bridgehead atoms. The summed E-state index contributed by atoms with van der Waals surface area (Å²) in [6.45, 7) is 29.1. The molecule has 11 aromatic rings. The van der Waals surface area contributed by atoms with E-state index in [0.717, 1.165) is 166 Å².